The van der Waals surface area contributed by atoms with Gasteiger partial charge in [0.2, 0.25) is 0 Å². The first-order chi connectivity index (χ1) is 25.9. The summed E-state index contributed by atoms with van der Waals surface area (Å²) in [6.07, 6.45) is -25.7. The predicted molar refractivity (Wildman–Crippen MR) is 158 cm³/mol. The van der Waals surface area contributed by atoms with Gasteiger partial charge < -0.3 is 9.47 Å². The molecule has 0 unspecified atom stereocenters. The smallest absolute Gasteiger partial charge is 0.460 e. The third kappa shape index (κ3) is 12.1. The third-order valence-electron chi connectivity index (χ3n) is 7.64. The van der Waals surface area contributed by atoms with E-state index in [0.29, 0.717) is 17.1 Å². The first-order valence-corrected chi connectivity index (χ1v) is 16.5. The zero-order valence-electron chi connectivity index (χ0n) is 29.2. The van der Waals surface area contributed by atoms with Crippen LogP contribution in [0.5, 0.6) is 5.75 Å². The molecule has 0 radical (unpaired) electrons. The van der Waals surface area contributed by atoms with Crippen molar-refractivity contribution < 1.29 is 102 Å². The van der Waals surface area contributed by atoms with Gasteiger partial charge in [-0.2, -0.15) is 83.4 Å². The van der Waals surface area contributed by atoms with Crippen LogP contribution in [0.25, 0.3) is 11.4 Å². The Bertz CT molecular complexity index is 1520. The summed E-state index contributed by atoms with van der Waals surface area (Å²) in [6.45, 7) is -1.14. The van der Waals surface area contributed by atoms with E-state index in [1.165, 1.54) is 17.6 Å². The number of hydrogen-bond donors (Lipinski definition) is 0. The second-order valence-corrected chi connectivity index (χ2v) is 12.3. The summed E-state index contributed by atoms with van der Waals surface area (Å²) in [6, 6.07) is 6.35. The normalized spacial score (nSPS) is 14.3. The maximum absolute atomic E-state index is 13.8. The Morgan fingerprint density at radius 1 is 0.509 bits per heavy atom. The number of aryl methyl sites for hydroxylation is 1. The standard InChI is InChI=1S/C32H33F19N2O4/c1-2-3-4-5-6-7-10-20-17-52-23(53-18-20)21-11-13-22(14-12-21)55-16-9-8-15-54-19-24(33,34)56-31(48,49)32(50,51)57-30(46,47)28(41,42)26(37,38)25(35,36)27(39,40)29(43,44)45/h11-14,17-18H,2-10,15-16,19H2,1H3. The molecule has 2 aromatic rings. The minimum absolute atomic E-state index is 0.0152. The van der Waals surface area contributed by atoms with Crippen LogP contribution >= 0.6 is 0 Å². The van der Waals surface area contributed by atoms with Gasteiger partial charge in [-0.3, -0.25) is 0 Å². The summed E-state index contributed by atoms with van der Waals surface area (Å²) in [4.78, 5) is 8.69. The molecule has 0 amide bonds. The lowest BCUT2D eigenvalue weighted by Crippen LogP contribution is -2.71. The highest BCUT2D eigenvalue weighted by atomic mass is 19.4. The van der Waals surface area contributed by atoms with Crippen LogP contribution in [0.2, 0.25) is 0 Å². The van der Waals surface area contributed by atoms with Gasteiger partial charge >= 0.3 is 54.3 Å². The number of halogens is 19. The number of rotatable bonds is 25. The van der Waals surface area contributed by atoms with Crippen LogP contribution in [0, 0.1) is 0 Å². The van der Waals surface area contributed by atoms with E-state index in [4.69, 9.17) is 4.74 Å². The Kier molecular flexibility index (Phi) is 16.3. The largest absolute Gasteiger partial charge is 0.494 e. The van der Waals surface area contributed by atoms with Gasteiger partial charge in [-0.25, -0.2) is 19.4 Å². The van der Waals surface area contributed by atoms with Crippen LogP contribution in [-0.4, -0.2) is 84.1 Å². The molecule has 0 N–H and O–H groups in total. The zero-order chi connectivity index (χ0) is 43.8. The van der Waals surface area contributed by atoms with Gasteiger partial charge in [0.15, 0.2) is 5.82 Å². The lowest BCUT2D eigenvalue weighted by atomic mass is 9.97. The van der Waals surface area contributed by atoms with Crippen molar-refractivity contribution in [3.63, 3.8) is 0 Å². The van der Waals surface area contributed by atoms with Gasteiger partial charge in [0.05, 0.1) is 6.61 Å². The molecule has 0 fully saturated rings. The van der Waals surface area contributed by atoms with E-state index < -0.39 is 67.5 Å². The average Bonchev–Trinajstić information content (AvgIpc) is 3.08. The van der Waals surface area contributed by atoms with Crippen molar-refractivity contribution in [1.82, 2.24) is 9.97 Å². The maximum atomic E-state index is 13.8. The second-order valence-electron chi connectivity index (χ2n) is 12.3. The highest BCUT2D eigenvalue weighted by molar-refractivity contribution is 5.55. The summed E-state index contributed by atoms with van der Waals surface area (Å²) in [5.74, 6) is -33.4. The summed E-state index contributed by atoms with van der Waals surface area (Å²) < 4.78 is 265. The molecule has 6 nitrogen and oxygen atoms in total. The molecule has 0 aliphatic rings. The van der Waals surface area contributed by atoms with Gasteiger partial charge in [-0.05, 0) is 55.5 Å². The van der Waals surface area contributed by atoms with E-state index in [2.05, 4.69) is 26.4 Å². The van der Waals surface area contributed by atoms with Crippen LogP contribution in [0.3, 0.4) is 0 Å². The van der Waals surface area contributed by atoms with Gasteiger partial charge in [-0.15, -0.1) is 0 Å². The summed E-state index contributed by atoms with van der Waals surface area (Å²) in [5, 5.41) is 0. The molecule has 1 aromatic heterocycles. The number of alkyl halides is 19. The van der Waals surface area contributed by atoms with E-state index in [1.54, 1.807) is 36.7 Å². The molecule has 0 saturated heterocycles. The van der Waals surface area contributed by atoms with Gasteiger partial charge in [-0.1, -0.05) is 39.0 Å². The fraction of sp³-hybridized carbons (Fsp3) is 0.688. The van der Waals surface area contributed by atoms with Gasteiger partial charge in [0.25, 0.3) is 0 Å². The quantitative estimate of drug-likeness (QED) is 0.0732. The molecule has 25 heteroatoms. The summed E-state index contributed by atoms with van der Waals surface area (Å²) >= 11 is 0. The lowest BCUT2D eigenvalue weighted by Gasteiger charge is -2.40. The molecule has 0 spiro atoms. The first kappa shape index (κ1) is 49.8. The van der Waals surface area contributed by atoms with Crippen molar-refractivity contribution in [1.29, 1.82) is 0 Å². The predicted octanol–water partition coefficient (Wildman–Crippen LogP) is 11.7. The monoisotopic (exact) mass is 870 g/mol. The van der Waals surface area contributed by atoms with Crippen LogP contribution in [0.15, 0.2) is 36.7 Å². The second kappa shape index (κ2) is 18.7. The minimum Gasteiger partial charge on any atom is -0.494 e. The molecule has 57 heavy (non-hydrogen) atoms. The Balaban J connectivity index is 1.86. The molecule has 1 heterocycles. The van der Waals surface area contributed by atoms with Crippen molar-refractivity contribution in [3.05, 3.63) is 42.2 Å². The van der Waals surface area contributed by atoms with Crippen LogP contribution in [0.1, 0.15) is 63.9 Å². The van der Waals surface area contributed by atoms with Crippen molar-refractivity contribution in [2.75, 3.05) is 19.8 Å². The molecule has 0 atom stereocenters. The highest BCUT2D eigenvalue weighted by Gasteiger charge is 2.92. The highest BCUT2D eigenvalue weighted by Crippen LogP contribution is 2.61. The molecule has 0 aliphatic carbocycles. The van der Waals surface area contributed by atoms with Crippen molar-refractivity contribution >= 4 is 0 Å². The lowest BCUT2D eigenvalue weighted by molar-refractivity contribution is -0.544. The van der Waals surface area contributed by atoms with E-state index in [-0.39, 0.29) is 19.4 Å². The molecule has 2 rings (SSSR count). The number of nitrogens with zero attached hydrogens (tertiary/aromatic N) is 2. The number of hydrogen-bond acceptors (Lipinski definition) is 6. The summed E-state index contributed by atoms with van der Waals surface area (Å²) in [7, 11) is 0. The summed E-state index contributed by atoms with van der Waals surface area (Å²) in [5.41, 5.74) is 1.62. The fourth-order valence-electron chi connectivity index (χ4n) is 4.45. The SMILES string of the molecule is CCCCCCCCc1cnc(-c2ccc(OCCCCOCC(F)(F)OC(F)(F)C(F)(F)OC(F)(F)C(F)(F)C(F)(F)C(F)(F)C(F)(F)C(F)(F)F)cc2)nc1. The molecule has 0 saturated carbocycles. The molecular formula is C32H33F19N2O4. The minimum atomic E-state index is -8.70. The third-order valence-corrected chi connectivity index (χ3v) is 7.64. The first-order valence-electron chi connectivity index (χ1n) is 16.5. The Labute approximate surface area is 311 Å². The van der Waals surface area contributed by atoms with E-state index in [0.717, 1.165) is 37.7 Å². The van der Waals surface area contributed by atoms with Gasteiger partial charge in [0.1, 0.15) is 12.4 Å². The Morgan fingerprint density at radius 3 is 1.54 bits per heavy atom. The number of unbranched alkanes of at least 4 members (excludes halogenated alkanes) is 6. The molecule has 0 bridgehead atoms. The van der Waals surface area contributed by atoms with Crippen LogP contribution < -0.4 is 4.74 Å². The van der Waals surface area contributed by atoms with Crippen molar-refractivity contribution in [2.24, 2.45) is 0 Å². The topological polar surface area (TPSA) is 62.7 Å². The fourth-order valence-corrected chi connectivity index (χ4v) is 4.45. The van der Waals surface area contributed by atoms with Crippen LogP contribution in [-0.2, 0) is 20.6 Å². The van der Waals surface area contributed by atoms with E-state index >= 15 is 0 Å². The average molecular weight is 871 g/mol. The van der Waals surface area contributed by atoms with Gasteiger partial charge in [0, 0.05) is 24.6 Å². The van der Waals surface area contributed by atoms with E-state index in [1.807, 2.05) is 0 Å². The maximum Gasteiger partial charge on any atom is 0.460 e. The van der Waals surface area contributed by atoms with E-state index in [9.17, 15) is 83.4 Å². The zero-order valence-corrected chi connectivity index (χ0v) is 29.2. The number of ether oxygens (including phenoxy) is 4. The molecule has 328 valence electrons. The molecule has 0 aliphatic heterocycles. The number of benzene rings is 1. The Hall–Kier alpha value is -3.35. The Morgan fingerprint density at radius 2 is 1.00 bits per heavy atom. The molecule has 1 aromatic carbocycles. The molecular weight excluding hydrogens is 837 g/mol. The van der Waals surface area contributed by atoms with Crippen molar-refractivity contribution in [2.45, 2.75) is 119 Å². The number of aromatic nitrogens is 2. The van der Waals surface area contributed by atoms with Crippen LogP contribution in [0.4, 0.5) is 83.4 Å². The van der Waals surface area contributed by atoms with Crippen molar-refractivity contribution in [3.8, 4) is 17.1 Å².